The lowest BCUT2D eigenvalue weighted by molar-refractivity contribution is 0.0699. The van der Waals surface area contributed by atoms with Crippen molar-refractivity contribution in [2.75, 3.05) is 0 Å². The molecule has 0 unspecified atom stereocenters. The molecule has 3 rings (SSSR count). The molecule has 0 amide bonds. The van der Waals surface area contributed by atoms with Crippen molar-refractivity contribution in [1.82, 2.24) is 14.2 Å². The van der Waals surface area contributed by atoms with Gasteiger partial charge < -0.3 is 5.11 Å². The Balaban J connectivity index is 2.26. The van der Waals surface area contributed by atoms with Gasteiger partial charge in [-0.05, 0) is 11.6 Å². The maximum absolute atomic E-state index is 12.6. The Kier molecular flexibility index (Phi) is 3.30. The summed E-state index contributed by atoms with van der Waals surface area (Å²) in [4.78, 5) is 35.0. The van der Waals surface area contributed by atoms with Gasteiger partial charge in [0.25, 0.3) is 5.56 Å². The number of rotatable bonds is 4. The molecule has 2 aromatic heterocycles. The molecule has 2 heterocycles. The molecule has 0 aliphatic carbocycles. The molecule has 110 valence electrons. The van der Waals surface area contributed by atoms with Crippen molar-refractivity contribution in [3.63, 3.8) is 0 Å². The standard InChI is InChI=1S/C15H11N3O4/c19-9-12-16-18-7-6-11(15(21)22)13(18)14(20)17(12)8-10-4-2-1-3-5-10/h1-7,9H,8H2,(H,21,22). The van der Waals surface area contributed by atoms with Gasteiger partial charge in [-0.25, -0.2) is 9.31 Å². The van der Waals surface area contributed by atoms with Crippen LogP contribution in [0.4, 0.5) is 0 Å². The van der Waals surface area contributed by atoms with Gasteiger partial charge in [-0.1, -0.05) is 30.3 Å². The van der Waals surface area contributed by atoms with Gasteiger partial charge in [0.15, 0.2) is 12.1 Å². The summed E-state index contributed by atoms with van der Waals surface area (Å²) in [6.45, 7) is 0.140. The number of benzene rings is 1. The Labute approximate surface area is 124 Å². The van der Waals surface area contributed by atoms with Gasteiger partial charge in [-0.3, -0.25) is 14.2 Å². The normalized spacial score (nSPS) is 10.7. The maximum Gasteiger partial charge on any atom is 0.338 e. The molecule has 0 spiro atoms. The summed E-state index contributed by atoms with van der Waals surface area (Å²) in [5.74, 6) is -1.28. The first-order valence-corrected chi connectivity index (χ1v) is 6.46. The number of fused-ring (bicyclic) bond motifs is 1. The molecule has 1 aromatic carbocycles. The molecule has 0 fully saturated rings. The smallest absolute Gasteiger partial charge is 0.338 e. The Morgan fingerprint density at radius 2 is 1.95 bits per heavy atom. The average molecular weight is 297 g/mol. The fourth-order valence-corrected chi connectivity index (χ4v) is 2.29. The van der Waals surface area contributed by atoms with Crippen molar-refractivity contribution in [2.24, 2.45) is 0 Å². The fourth-order valence-electron chi connectivity index (χ4n) is 2.29. The highest BCUT2D eigenvalue weighted by Crippen LogP contribution is 2.09. The molecule has 7 nitrogen and oxygen atoms in total. The monoisotopic (exact) mass is 297 g/mol. The molecule has 0 saturated carbocycles. The van der Waals surface area contributed by atoms with Crippen LogP contribution in [0.2, 0.25) is 0 Å². The van der Waals surface area contributed by atoms with E-state index in [2.05, 4.69) is 5.10 Å². The van der Waals surface area contributed by atoms with Crippen molar-refractivity contribution in [1.29, 1.82) is 0 Å². The number of nitrogens with zero attached hydrogens (tertiary/aromatic N) is 3. The van der Waals surface area contributed by atoms with Crippen molar-refractivity contribution < 1.29 is 14.7 Å². The number of aromatic nitrogens is 3. The van der Waals surface area contributed by atoms with Gasteiger partial charge in [0, 0.05) is 6.20 Å². The number of hydrogen-bond donors (Lipinski definition) is 1. The minimum absolute atomic E-state index is 0.0611. The van der Waals surface area contributed by atoms with E-state index in [1.165, 1.54) is 16.8 Å². The van der Waals surface area contributed by atoms with Crippen molar-refractivity contribution in [3.8, 4) is 0 Å². The number of carbonyl (C=O) groups excluding carboxylic acids is 1. The second-order valence-electron chi connectivity index (χ2n) is 4.68. The van der Waals surface area contributed by atoms with E-state index in [0.717, 1.165) is 10.1 Å². The summed E-state index contributed by atoms with van der Waals surface area (Å²) in [7, 11) is 0. The summed E-state index contributed by atoms with van der Waals surface area (Å²) in [6, 6.07) is 10.4. The predicted molar refractivity (Wildman–Crippen MR) is 77.3 cm³/mol. The van der Waals surface area contributed by atoms with Crippen molar-refractivity contribution >= 4 is 17.8 Å². The van der Waals surface area contributed by atoms with Crippen LogP contribution in [0, 0.1) is 0 Å². The number of aldehydes is 1. The topological polar surface area (TPSA) is 93.7 Å². The van der Waals surface area contributed by atoms with E-state index in [-0.39, 0.29) is 23.4 Å². The van der Waals surface area contributed by atoms with Gasteiger partial charge in [0.1, 0.15) is 5.52 Å². The molecule has 7 heteroatoms. The van der Waals surface area contributed by atoms with E-state index >= 15 is 0 Å². The lowest BCUT2D eigenvalue weighted by Gasteiger charge is -2.09. The minimum atomic E-state index is -1.22. The molecular formula is C15H11N3O4. The summed E-state index contributed by atoms with van der Waals surface area (Å²) < 4.78 is 2.29. The Bertz CT molecular complexity index is 925. The van der Waals surface area contributed by atoms with Gasteiger partial charge in [0.2, 0.25) is 0 Å². The number of aromatic carboxylic acids is 1. The maximum atomic E-state index is 12.6. The first kappa shape index (κ1) is 13.7. The predicted octanol–water partition coefficient (Wildman–Crippen LogP) is 1.05. The summed E-state index contributed by atoms with van der Waals surface area (Å²) >= 11 is 0. The van der Waals surface area contributed by atoms with E-state index in [9.17, 15) is 14.4 Å². The number of carbonyl (C=O) groups is 2. The molecule has 0 aliphatic rings. The van der Waals surface area contributed by atoms with E-state index < -0.39 is 11.5 Å². The second-order valence-corrected chi connectivity index (χ2v) is 4.68. The van der Waals surface area contributed by atoms with Crippen LogP contribution in [-0.2, 0) is 6.54 Å². The van der Waals surface area contributed by atoms with E-state index in [1.54, 1.807) is 0 Å². The van der Waals surface area contributed by atoms with E-state index in [4.69, 9.17) is 5.11 Å². The quantitative estimate of drug-likeness (QED) is 0.727. The number of hydrogen-bond acceptors (Lipinski definition) is 4. The molecule has 0 radical (unpaired) electrons. The lowest BCUT2D eigenvalue weighted by Crippen LogP contribution is -2.28. The fraction of sp³-hybridized carbons (Fsp3) is 0.0667. The third-order valence-electron chi connectivity index (χ3n) is 3.32. The first-order valence-electron chi connectivity index (χ1n) is 6.46. The van der Waals surface area contributed by atoms with E-state index in [0.29, 0.717) is 6.29 Å². The molecule has 0 aliphatic heterocycles. The highest BCUT2D eigenvalue weighted by molar-refractivity contribution is 5.95. The van der Waals surface area contributed by atoms with Gasteiger partial charge in [-0.15, -0.1) is 5.10 Å². The SMILES string of the molecule is O=Cc1nn2ccc(C(=O)O)c2c(=O)n1Cc1ccccc1. The summed E-state index contributed by atoms with van der Waals surface area (Å²) in [5, 5.41) is 13.1. The minimum Gasteiger partial charge on any atom is -0.478 e. The molecule has 22 heavy (non-hydrogen) atoms. The van der Waals surface area contributed by atoms with Crippen LogP contribution in [0.1, 0.15) is 26.5 Å². The van der Waals surface area contributed by atoms with Crippen LogP contribution < -0.4 is 5.56 Å². The number of carboxylic acids is 1. The van der Waals surface area contributed by atoms with Crippen LogP contribution in [0.15, 0.2) is 47.4 Å². The Morgan fingerprint density at radius 1 is 1.23 bits per heavy atom. The summed E-state index contributed by atoms with van der Waals surface area (Å²) in [6.07, 6.45) is 1.82. The number of carboxylic acid groups (broad SMARTS) is 1. The lowest BCUT2D eigenvalue weighted by atomic mass is 10.2. The zero-order valence-corrected chi connectivity index (χ0v) is 11.3. The molecular weight excluding hydrogens is 286 g/mol. The molecule has 0 bridgehead atoms. The molecule has 1 N–H and O–H groups in total. The van der Waals surface area contributed by atoms with E-state index in [1.807, 2.05) is 30.3 Å². The zero-order valence-electron chi connectivity index (χ0n) is 11.3. The van der Waals surface area contributed by atoms with Crippen LogP contribution in [0.5, 0.6) is 0 Å². The van der Waals surface area contributed by atoms with Crippen LogP contribution in [0.25, 0.3) is 5.52 Å². The van der Waals surface area contributed by atoms with Crippen LogP contribution in [0.3, 0.4) is 0 Å². The first-order chi connectivity index (χ1) is 10.6. The Morgan fingerprint density at radius 3 is 2.59 bits per heavy atom. The molecule has 3 aromatic rings. The van der Waals surface area contributed by atoms with Crippen LogP contribution in [-0.4, -0.2) is 31.5 Å². The highest BCUT2D eigenvalue weighted by Gasteiger charge is 2.18. The third-order valence-corrected chi connectivity index (χ3v) is 3.32. The van der Waals surface area contributed by atoms with Gasteiger partial charge in [0.05, 0.1) is 12.1 Å². The molecule has 0 atom stereocenters. The Hall–Kier alpha value is -3.22. The van der Waals surface area contributed by atoms with Gasteiger partial charge in [-0.2, -0.15) is 0 Å². The van der Waals surface area contributed by atoms with Gasteiger partial charge >= 0.3 is 5.97 Å². The molecule has 0 saturated heterocycles. The zero-order chi connectivity index (χ0) is 15.7. The average Bonchev–Trinajstić information content (AvgIpc) is 2.95. The van der Waals surface area contributed by atoms with Crippen LogP contribution >= 0.6 is 0 Å². The summed E-state index contributed by atoms with van der Waals surface area (Å²) in [5.41, 5.74) is 0.0384. The van der Waals surface area contributed by atoms with Crippen molar-refractivity contribution in [2.45, 2.75) is 6.54 Å². The second kappa shape index (κ2) is 5.28. The van der Waals surface area contributed by atoms with Crippen molar-refractivity contribution in [3.05, 3.63) is 69.9 Å². The highest BCUT2D eigenvalue weighted by atomic mass is 16.4. The largest absolute Gasteiger partial charge is 0.478 e. The third kappa shape index (κ3) is 2.18.